The molecule has 26 heavy (non-hydrogen) atoms. The zero-order valence-corrected chi connectivity index (χ0v) is 17.1. The Morgan fingerprint density at radius 1 is 1.19 bits per heavy atom. The Hall–Kier alpha value is -1.34. The van der Waals surface area contributed by atoms with E-state index in [0.29, 0.717) is 18.5 Å². The molecule has 0 bridgehead atoms. The van der Waals surface area contributed by atoms with E-state index in [-0.39, 0.29) is 5.91 Å². The summed E-state index contributed by atoms with van der Waals surface area (Å²) in [5, 5.41) is 7.00. The number of hydrogen-bond acceptors (Lipinski definition) is 4. The van der Waals surface area contributed by atoms with Gasteiger partial charge in [0.05, 0.1) is 6.54 Å². The van der Waals surface area contributed by atoms with E-state index in [1.165, 1.54) is 19.4 Å². The van der Waals surface area contributed by atoms with Crippen molar-refractivity contribution in [2.24, 2.45) is 10.9 Å². The molecule has 0 aromatic heterocycles. The van der Waals surface area contributed by atoms with Crippen molar-refractivity contribution in [3.05, 3.63) is 0 Å². The molecule has 2 N–H and O–H groups in total. The average Bonchev–Trinajstić information content (AvgIpc) is 2.61. The molecule has 2 aliphatic heterocycles. The molecule has 7 heteroatoms. The molecule has 0 spiro atoms. The first kappa shape index (κ1) is 21.0. The third kappa shape index (κ3) is 7.11. The van der Waals surface area contributed by atoms with Crippen molar-refractivity contribution < 1.29 is 4.79 Å². The van der Waals surface area contributed by atoms with Gasteiger partial charge in [0.2, 0.25) is 5.91 Å². The number of guanidine groups is 1. The lowest BCUT2D eigenvalue weighted by molar-refractivity contribution is -0.130. The van der Waals surface area contributed by atoms with Crippen molar-refractivity contribution in [3.63, 3.8) is 0 Å². The van der Waals surface area contributed by atoms with Gasteiger partial charge in [-0.15, -0.1) is 0 Å². The van der Waals surface area contributed by atoms with Gasteiger partial charge in [0, 0.05) is 52.9 Å². The number of aliphatic imine (C=N–C) groups is 1. The number of piperidine rings is 2. The molecule has 0 saturated carbocycles. The second-order valence-corrected chi connectivity index (χ2v) is 7.97. The van der Waals surface area contributed by atoms with Crippen molar-refractivity contribution in [2.45, 2.75) is 38.6 Å². The minimum absolute atomic E-state index is 0.184. The number of hydrogen-bond donors (Lipinski definition) is 2. The fourth-order valence-corrected chi connectivity index (χ4v) is 3.72. The molecule has 2 aliphatic rings. The van der Waals surface area contributed by atoms with Crippen LogP contribution in [0.3, 0.4) is 0 Å². The summed E-state index contributed by atoms with van der Waals surface area (Å²) < 4.78 is 0. The van der Waals surface area contributed by atoms with Crippen molar-refractivity contribution in [1.29, 1.82) is 0 Å². The Balaban J connectivity index is 1.77. The summed E-state index contributed by atoms with van der Waals surface area (Å²) in [6.07, 6.45) is 4.67. The van der Waals surface area contributed by atoms with Crippen LogP contribution < -0.4 is 10.6 Å². The van der Waals surface area contributed by atoms with Crippen LogP contribution in [0.4, 0.5) is 0 Å². The summed E-state index contributed by atoms with van der Waals surface area (Å²) in [6, 6.07) is 0.438. The van der Waals surface area contributed by atoms with Crippen LogP contribution in [-0.4, -0.2) is 99.6 Å². The molecule has 2 fully saturated rings. The summed E-state index contributed by atoms with van der Waals surface area (Å²) in [7, 11) is 5.84. The van der Waals surface area contributed by atoms with Gasteiger partial charge in [-0.3, -0.25) is 14.7 Å². The van der Waals surface area contributed by atoms with Crippen molar-refractivity contribution in [2.75, 3.05) is 67.0 Å². The normalized spacial score (nSPS) is 23.7. The maximum absolute atomic E-state index is 11.9. The summed E-state index contributed by atoms with van der Waals surface area (Å²) >= 11 is 0. The number of carbonyl (C=O) groups is 1. The maximum Gasteiger partial charge on any atom is 0.236 e. The van der Waals surface area contributed by atoms with Crippen molar-refractivity contribution >= 4 is 11.9 Å². The molecule has 7 nitrogen and oxygen atoms in total. The van der Waals surface area contributed by atoms with E-state index in [9.17, 15) is 4.79 Å². The molecule has 0 aromatic rings. The van der Waals surface area contributed by atoms with Crippen LogP contribution in [-0.2, 0) is 4.79 Å². The summed E-state index contributed by atoms with van der Waals surface area (Å²) in [6.45, 7) is 8.72. The molecular weight excluding hydrogens is 328 g/mol. The van der Waals surface area contributed by atoms with Gasteiger partial charge in [0.15, 0.2) is 5.96 Å². The minimum atomic E-state index is 0.184. The number of amides is 1. The van der Waals surface area contributed by atoms with Gasteiger partial charge in [-0.25, -0.2) is 0 Å². The molecule has 2 saturated heterocycles. The molecule has 0 radical (unpaired) electrons. The Kier molecular flexibility index (Phi) is 8.65. The van der Waals surface area contributed by atoms with E-state index in [4.69, 9.17) is 4.99 Å². The van der Waals surface area contributed by atoms with Gasteiger partial charge in [-0.05, 0) is 52.1 Å². The Morgan fingerprint density at radius 2 is 1.92 bits per heavy atom. The van der Waals surface area contributed by atoms with E-state index in [0.717, 1.165) is 51.5 Å². The van der Waals surface area contributed by atoms with Crippen LogP contribution >= 0.6 is 0 Å². The van der Waals surface area contributed by atoms with Crippen LogP contribution in [0.15, 0.2) is 4.99 Å². The Labute approximate surface area is 159 Å². The van der Waals surface area contributed by atoms with Crippen molar-refractivity contribution in [1.82, 2.24) is 25.3 Å². The fraction of sp³-hybridized carbons (Fsp3) is 0.895. The molecule has 2 heterocycles. The third-order valence-corrected chi connectivity index (χ3v) is 5.36. The monoisotopic (exact) mass is 366 g/mol. The summed E-state index contributed by atoms with van der Waals surface area (Å²) in [4.78, 5) is 23.0. The molecule has 1 amide bonds. The van der Waals surface area contributed by atoms with E-state index in [1.54, 1.807) is 4.90 Å². The molecule has 2 rings (SSSR count). The molecular formula is C19H38N6O. The lowest BCUT2D eigenvalue weighted by atomic mass is 9.99. The highest BCUT2D eigenvalue weighted by atomic mass is 16.2. The molecule has 0 aromatic carbocycles. The second kappa shape index (κ2) is 10.7. The first-order chi connectivity index (χ1) is 12.5. The minimum Gasteiger partial charge on any atom is -0.357 e. The number of rotatable bonds is 6. The van der Waals surface area contributed by atoms with Crippen LogP contribution in [0.1, 0.15) is 32.6 Å². The smallest absolute Gasteiger partial charge is 0.236 e. The first-order valence-corrected chi connectivity index (χ1v) is 10.1. The zero-order valence-electron chi connectivity index (χ0n) is 17.1. The number of nitrogens with one attached hydrogen (secondary N) is 2. The standard InChI is InChI=1S/C19H38N6O/c1-5-20-19(21-13-16-7-6-10-24(4)14-16)22-17-8-11-25(12-9-17)15-18(26)23(2)3/h16-17H,5-15H2,1-4H3,(H2,20,21,22). The predicted molar refractivity (Wildman–Crippen MR) is 107 cm³/mol. The van der Waals surface area contributed by atoms with Crippen LogP contribution in [0.2, 0.25) is 0 Å². The number of carbonyl (C=O) groups excluding carboxylic acids is 1. The molecule has 0 aliphatic carbocycles. The zero-order chi connectivity index (χ0) is 18.9. The first-order valence-electron chi connectivity index (χ1n) is 10.1. The highest BCUT2D eigenvalue weighted by Gasteiger charge is 2.22. The molecule has 1 atom stereocenters. The van der Waals surface area contributed by atoms with Gasteiger partial charge < -0.3 is 20.4 Å². The van der Waals surface area contributed by atoms with Crippen molar-refractivity contribution in [3.8, 4) is 0 Å². The number of likely N-dealkylation sites (N-methyl/N-ethyl adjacent to an activating group) is 1. The topological polar surface area (TPSA) is 63.2 Å². The highest BCUT2D eigenvalue weighted by molar-refractivity contribution is 5.80. The van der Waals surface area contributed by atoms with Crippen LogP contribution in [0.25, 0.3) is 0 Å². The SMILES string of the molecule is CCNC(=NCC1CCCN(C)C1)NC1CCN(CC(=O)N(C)C)CC1. The third-order valence-electron chi connectivity index (χ3n) is 5.36. The fourth-order valence-electron chi connectivity index (χ4n) is 3.72. The van der Waals surface area contributed by atoms with E-state index >= 15 is 0 Å². The number of nitrogens with zero attached hydrogens (tertiary/aromatic N) is 4. The summed E-state index contributed by atoms with van der Waals surface area (Å²) in [5.74, 6) is 1.80. The average molecular weight is 367 g/mol. The predicted octanol–water partition coefficient (Wildman–Crippen LogP) is 0.436. The van der Waals surface area contributed by atoms with Gasteiger partial charge in [0.1, 0.15) is 0 Å². The molecule has 150 valence electrons. The van der Waals surface area contributed by atoms with Gasteiger partial charge in [-0.1, -0.05) is 0 Å². The van der Waals surface area contributed by atoms with E-state index < -0.39 is 0 Å². The van der Waals surface area contributed by atoms with E-state index in [1.807, 2.05) is 14.1 Å². The highest BCUT2D eigenvalue weighted by Crippen LogP contribution is 2.15. The maximum atomic E-state index is 11.9. The van der Waals surface area contributed by atoms with Gasteiger partial charge in [-0.2, -0.15) is 0 Å². The van der Waals surface area contributed by atoms with Gasteiger partial charge >= 0.3 is 0 Å². The van der Waals surface area contributed by atoms with Crippen LogP contribution in [0, 0.1) is 5.92 Å². The van der Waals surface area contributed by atoms with Gasteiger partial charge in [0.25, 0.3) is 0 Å². The number of likely N-dealkylation sites (tertiary alicyclic amines) is 2. The molecule has 1 unspecified atom stereocenters. The quantitative estimate of drug-likeness (QED) is 0.527. The lowest BCUT2D eigenvalue weighted by Crippen LogP contribution is -2.50. The Morgan fingerprint density at radius 3 is 2.54 bits per heavy atom. The summed E-state index contributed by atoms with van der Waals surface area (Å²) in [5.41, 5.74) is 0. The van der Waals surface area contributed by atoms with E-state index in [2.05, 4.69) is 34.4 Å². The largest absolute Gasteiger partial charge is 0.357 e. The van der Waals surface area contributed by atoms with Crippen LogP contribution in [0.5, 0.6) is 0 Å². The lowest BCUT2D eigenvalue weighted by Gasteiger charge is -2.33. The second-order valence-electron chi connectivity index (χ2n) is 7.97. The Bertz CT molecular complexity index is 459.